The van der Waals surface area contributed by atoms with Crippen LogP contribution in [0, 0.1) is 5.41 Å². The molecular formula is C34H40N6O2. The van der Waals surface area contributed by atoms with Crippen molar-refractivity contribution in [1.29, 1.82) is 0 Å². The molecule has 3 aliphatic rings. The molecule has 0 spiro atoms. The Morgan fingerprint density at radius 2 is 1.98 bits per heavy atom. The summed E-state index contributed by atoms with van der Waals surface area (Å²) in [5.41, 5.74) is 5.55. The van der Waals surface area contributed by atoms with E-state index in [1.807, 2.05) is 65.0 Å². The van der Waals surface area contributed by atoms with Gasteiger partial charge in [0.25, 0.3) is 5.91 Å². The molecule has 2 N–H and O–H groups in total. The summed E-state index contributed by atoms with van der Waals surface area (Å²) < 4.78 is 1.81. The average Bonchev–Trinajstić information content (AvgIpc) is 3.69. The lowest BCUT2D eigenvalue weighted by Gasteiger charge is -2.43. The van der Waals surface area contributed by atoms with Crippen molar-refractivity contribution in [3.63, 3.8) is 0 Å². The van der Waals surface area contributed by atoms with Crippen LogP contribution >= 0.6 is 0 Å². The molecular weight excluding hydrogens is 524 g/mol. The number of likely N-dealkylation sites (tertiary alicyclic amines) is 1. The lowest BCUT2D eigenvalue weighted by atomic mass is 9.71. The van der Waals surface area contributed by atoms with Gasteiger partial charge >= 0.3 is 0 Å². The molecule has 1 unspecified atom stereocenters. The van der Waals surface area contributed by atoms with E-state index in [-0.39, 0.29) is 24.0 Å². The molecule has 8 nitrogen and oxygen atoms in total. The standard InChI is InChI=1S/C34H40N6O2/c1-3-25(4-2)29-12-8-20-39(29)32(42)26-14-16-28(17-15-26)35-33-36-31-30(13-9-21-40(31)37-33)38-22-18-34(24-41,19-23-38)27-10-6-5-7-11-27/h3-4,6,9-11,13-17,21,29,41H,1,5,7-8,12,18-20,22-24H2,2H3,(H,35,37). The largest absolute Gasteiger partial charge is 0.395 e. The van der Waals surface area contributed by atoms with Crippen molar-refractivity contribution >= 4 is 28.9 Å². The number of hydrogen-bond donors (Lipinski definition) is 2. The first-order valence-electron chi connectivity index (χ1n) is 15.1. The first kappa shape index (κ1) is 28.0. The Morgan fingerprint density at radius 1 is 1.17 bits per heavy atom. The molecule has 1 amide bonds. The van der Waals surface area contributed by atoms with Crippen molar-refractivity contribution in [2.24, 2.45) is 5.41 Å². The molecule has 2 aromatic heterocycles. The van der Waals surface area contributed by atoms with E-state index in [2.05, 4.69) is 46.2 Å². The number of carbonyl (C=O) groups is 1. The van der Waals surface area contributed by atoms with Gasteiger partial charge in [-0.1, -0.05) is 37.0 Å². The highest BCUT2D eigenvalue weighted by Crippen LogP contribution is 2.42. The Hall–Kier alpha value is -4.17. The zero-order valence-corrected chi connectivity index (χ0v) is 24.4. The lowest BCUT2D eigenvalue weighted by Crippen LogP contribution is -2.43. The van der Waals surface area contributed by atoms with Gasteiger partial charge in [0.05, 0.1) is 18.3 Å². The Bertz CT molecular complexity index is 1540. The van der Waals surface area contributed by atoms with Crippen LogP contribution in [0.5, 0.6) is 0 Å². The number of piperidine rings is 1. The number of benzene rings is 1. The minimum absolute atomic E-state index is 0.0447. The molecule has 1 aliphatic carbocycles. The van der Waals surface area contributed by atoms with Gasteiger partial charge in [-0.15, -0.1) is 5.10 Å². The number of aliphatic hydroxyl groups is 1. The average molecular weight is 565 g/mol. The van der Waals surface area contributed by atoms with E-state index in [1.54, 1.807) is 0 Å². The van der Waals surface area contributed by atoms with Gasteiger partial charge in [-0.2, -0.15) is 4.98 Å². The number of nitrogens with one attached hydrogen (secondary N) is 1. The van der Waals surface area contributed by atoms with E-state index >= 15 is 0 Å². The molecule has 2 fully saturated rings. The van der Waals surface area contributed by atoms with E-state index in [0.29, 0.717) is 11.5 Å². The first-order valence-corrected chi connectivity index (χ1v) is 15.1. The van der Waals surface area contributed by atoms with E-state index < -0.39 is 0 Å². The van der Waals surface area contributed by atoms with Gasteiger partial charge in [-0.25, -0.2) is 4.52 Å². The van der Waals surface area contributed by atoms with Crippen molar-refractivity contribution in [3.05, 3.63) is 96.3 Å². The molecule has 2 aliphatic heterocycles. The minimum atomic E-state index is -0.164. The molecule has 2 saturated heterocycles. The number of nitrogens with zero attached hydrogens (tertiary/aromatic N) is 5. The summed E-state index contributed by atoms with van der Waals surface area (Å²) in [6, 6.07) is 11.7. The zero-order valence-electron chi connectivity index (χ0n) is 24.4. The summed E-state index contributed by atoms with van der Waals surface area (Å²) in [6.07, 6.45) is 18.4. The van der Waals surface area contributed by atoms with Gasteiger partial charge in [0.1, 0.15) is 0 Å². The fourth-order valence-electron chi connectivity index (χ4n) is 6.71. The Morgan fingerprint density at radius 3 is 2.67 bits per heavy atom. The summed E-state index contributed by atoms with van der Waals surface area (Å²) >= 11 is 0. The number of aromatic nitrogens is 3. The molecule has 218 valence electrons. The van der Waals surface area contributed by atoms with Crippen LogP contribution in [0.2, 0.25) is 0 Å². The number of aliphatic hydroxyl groups excluding tert-OH is 1. The van der Waals surface area contributed by atoms with E-state index in [1.165, 1.54) is 5.57 Å². The molecule has 0 radical (unpaired) electrons. The van der Waals surface area contributed by atoms with Crippen molar-refractivity contribution in [1.82, 2.24) is 19.5 Å². The molecule has 0 bridgehead atoms. The van der Waals surface area contributed by atoms with E-state index in [4.69, 9.17) is 4.98 Å². The Kier molecular flexibility index (Phi) is 7.98. The van der Waals surface area contributed by atoms with Crippen molar-refractivity contribution < 1.29 is 9.90 Å². The second-order valence-electron chi connectivity index (χ2n) is 11.5. The van der Waals surface area contributed by atoms with Crippen LogP contribution in [0.25, 0.3) is 5.65 Å². The fourth-order valence-corrected chi connectivity index (χ4v) is 6.71. The molecule has 0 saturated carbocycles. The third-order valence-corrected chi connectivity index (χ3v) is 9.17. The van der Waals surface area contributed by atoms with Gasteiger partial charge in [-0.05, 0) is 93.0 Å². The molecule has 4 heterocycles. The molecule has 6 rings (SSSR count). The summed E-state index contributed by atoms with van der Waals surface area (Å²) in [6.45, 7) is 8.54. The quantitative estimate of drug-likeness (QED) is 0.323. The van der Waals surface area contributed by atoms with Crippen molar-refractivity contribution in [3.8, 4) is 0 Å². The first-order chi connectivity index (χ1) is 20.5. The van der Waals surface area contributed by atoms with Gasteiger partial charge < -0.3 is 20.2 Å². The summed E-state index contributed by atoms with van der Waals surface area (Å²) in [5, 5.41) is 18.3. The number of pyridine rings is 1. The van der Waals surface area contributed by atoms with Crippen LogP contribution in [0.1, 0.15) is 55.8 Å². The van der Waals surface area contributed by atoms with Crippen LogP contribution in [-0.2, 0) is 0 Å². The Labute approximate surface area is 247 Å². The topological polar surface area (TPSA) is 86.0 Å². The number of allylic oxidation sites excluding steroid dienone is 4. The van der Waals surface area contributed by atoms with Crippen LogP contribution in [-0.4, -0.2) is 62.8 Å². The maximum atomic E-state index is 13.3. The third-order valence-electron chi connectivity index (χ3n) is 9.17. The number of fused-ring (bicyclic) bond motifs is 1. The number of carbonyl (C=O) groups excluding carboxylic acids is 1. The number of amides is 1. The van der Waals surface area contributed by atoms with Crippen LogP contribution in [0.4, 0.5) is 17.3 Å². The fraction of sp³-hybridized carbons (Fsp3) is 0.382. The highest BCUT2D eigenvalue weighted by molar-refractivity contribution is 5.95. The predicted molar refractivity (Wildman–Crippen MR) is 168 cm³/mol. The predicted octanol–water partition coefficient (Wildman–Crippen LogP) is 6.07. The zero-order chi connectivity index (χ0) is 29.1. The molecule has 8 heteroatoms. The minimum Gasteiger partial charge on any atom is -0.395 e. The van der Waals surface area contributed by atoms with Crippen LogP contribution in [0.15, 0.2) is 90.7 Å². The number of hydrogen-bond acceptors (Lipinski definition) is 6. The normalized spacial score (nSPS) is 20.6. The highest BCUT2D eigenvalue weighted by atomic mass is 16.3. The van der Waals surface area contributed by atoms with Crippen molar-refractivity contribution in [2.45, 2.75) is 51.5 Å². The highest BCUT2D eigenvalue weighted by Gasteiger charge is 2.37. The summed E-state index contributed by atoms with van der Waals surface area (Å²) in [4.78, 5) is 22.5. The molecule has 1 aromatic carbocycles. The van der Waals surface area contributed by atoms with Crippen LogP contribution < -0.4 is 10.2 Å². The van der Waals surface area contributed by atoms with Crippen LogP contribution in [0.3, 0.4) is 0 Å². The number of rotatable bonds is 8. The molecule has 1 atom stereocenters. The van der Waals surface area contributed by atoms with E-state index in [0.717, 1.165) is 80.8 Å². The smallest absolute Gasteiger partial charge is 0.254 e. The van der Waals surface area contributed by atoms with Gasteiger partial charge in [0.2, 0.25) is 5.95 Å². The lowest BCUT2D eigenvalue weighted by molar-refractivity contribution is 0.0757. The summed E-state index contributed by atoms with van der Waals surface area (Å²) in [5.74, 6) is 0.548. The second kappa shape index (κ2) is 12.0. The van der Waals surface area contributed by atoms with Gasteiger partial charge in [-0.3, -0.25) is 4.79 Å². The van der Waals surface area contributed by atoms with E-state index in [9.17, 15) is 9.90 Å². The maximum Gasteiger partial charge on any atom is 0.254 e. The number of anilines is 3. The summed E-state index contributed by atoms with van der Waals surface area (Å²) in [7, 11) is 0. The maximum absolute atomic E-state index is 13.3. The van der Waals surface area contributed by atoms with Gasteiger partial charge in [0, 0.05) is 42.5 Å². The van der Waals surface area contributed by atoms with Gasteiger partial charge in [0.15, 0.2) is 5.65 Å². The molecule has 3 aromatic rings. The monoisotopic (exact) mass is 564 g/mol. The Balaban J connectivity index is 1.15. The van der Waals surface area contributed by atoms with Crippen molar-refractivity contribution in [2.75, 3.05) is 36.5 Å². The SMILES string of the molecule is C=CC(=CC)C1CCCN1C(=O)c1ccc(Nc2nc3c(N4CCC(CO)(C5=CCCC=C5)CC4)cccn3n2)cc1. The second-order valence-corrected chi connectivity index (χ2v) is 11.5. The third kappa shape index (κ3) is 5.27. The molecule has 42 heavy (non-hydrogen) atoms.